The van der Waals surface area contributed by atoms with Crippen molar-refractivity contribution >= 4 is 5.84 Å². The van der Waals surface area contributed by atoms with Crippen molar-refractivity contribution in [3.8, 4) is 0 Å². The first-order chi connectivity index (χ1) is 11.6. The monoisotopic (exact) mass is 327 g/mol. The third-order valence-corrected chi connectivity index (χ3v) is 4.34. The highest BCUT2D eigenvalue weighted by Gasteiger charge is 2.36. The number of rotatable bonds is 5. The fourth-order valence-electron chi connectivity index (χ4n) is 2.96. The molecule has 2 aromatic carbocycles. The molecule has 0 bridgehead atoms. The van der Waals surface area contributed by atoms with Crippen molar-refractivity contribution in [2.24, 2.45) is 5.10 Å². The molecule has 0 unspecified atom stereocenters. The van der Waals surface area contributed by atoms with E-state index in [1.807, 2.05) is 31.2 Å². The molecule has 0 saturated heterocycles. The first kappa shape index (κ1) is 16.5. The van der Waals surface area contributed by atoms with Crippen LogP contribution in [0.2, 0.25) is 0 Å². The molecule has 1 aliphatic rings. The van der Waals surface area contributed by atoms with Crippen molar-refractivity contribution in [3.05, 3.63) is 71.0 Å². The standard InChI is InChI=1S/C19H22FN3O/c1-14(21-13-11-15-6-8-17(20)9-7-15)22-23-19(24)12-10-16-4-2-3-5-18(16)19/h2-9,23-24H,10-13H2,1H3,(H,21,22)/t19-/m1/s1. The van der Waals surface area contributed by atoms with Crippen LogP contribution in [-0.2, 0) is 18.6 Å². The average Bonchev–Trinajstić information content (AvgIpc) is 2.93. The van der Waals surface area contributed by atoms with Crippen LogP contribution in [0.15, 0.2) is 53.6 Å². The van der Waals surface area contributed by atoms with Gasteiger partial charge in [-0.1, -0.05) is 36.4 Å². The van der Waals surface area contributed by atoms with Crippen LogP contribution in [0.3, 0.4) is 0 Å². The van der Waals surface area contributed by atoms with Crippen molar-refractivity contribution in [1.82, 2.24) is 10.7 Å². The highest BCUT2D eigenvalue weighted by molar-refractivity contribution is 5.79. The number of aryl methyl sites for hydroxylation is 1. The summed E-state index contributed by atoms with van der Waals surface area (Å²) in [4.78, 5) is 0. The molecule has 24 heavy (non-hydrogen) atoms. The second-order valence-corrected chi connectivity index (χ2v) is 6.13. The highest BCUT2D eigenvalue weighted by Crippen LogP contribution is 2.34. The molecule has 3 N–H and O–H groups in total. The van der Waals surface area contributed by atoms with E-state index in [0.717, 1.165) is 29.5 Å². The number of amidine groups is 1. The van der Waals surface area contributed by atoms with E-state index in [1.54, 1.807) is 12.1 Å². The number of hydrogen-bond acceptors (Lipinski definition) is 3. The number of hydrogen-bond donors (Lipinski definition) is 3. The molecule has 0 fully saturated rings. The lowest BCUT2D eigenvalue weighted by Crippen LogP contribution is -2.38. The van der Waals surface area contributed by atoms with E-state index in [0.29, 0.717) is 18.8 Å². The van der Waals surface area contributed by atoms with Crippen LogP contribution >= 0.6 is 0 Å². The van der Waals surface area contributed by atoms with Gasteiger partial charge in [-0.05, 0) is 43.0 Å². The maximum Gasteiger partial charge on any atom is 0.177 e. The second-order valence-electron chi connectivity index (χ2n) is 6.13. The quantitative estimate of drug-likeness (QED) is 0.342. The predicted octanol–water partition coefficient (Wildman–Crippen LogP) is 2.67. The largest absolute Gasteiger partial charge is 0.372 e. The molecule has 0 heterocycles. The summed E-state index contributed by atoms with van der Waals surface area (Å²) >= 11 is 0. The van der Waals surface area contributed by atoms with E-state index in [2.05, 4.69) is 15.8 Å². The van der Waals surface area contributed by atoms with Gasteiger partial charge in [0.1, 0.15) is 11.7 Å². The number of aliphatic hydroxyl groups is 1. The summed E-state index contributed by atoms with van der Waals surface area (Å²) in [6.07, 6.45) is 2.23. The number of nitrogens with one attached hydrogen (secondary N) is 2. The van der Waals surface area contributed by atoms with Gasteiger partial charge in [0.15, 0.2) is 5.72 Å². The zero-order valence-corrected chi connectivity index (χ0v) is 13.7. The molecule has 0 radical (unpaired) electrons. The molecule has 0 aromatic heterocycles. The maximum absolute atomic E-state index is 12.9. The minimum Gasteiger partial charge on any atom is -0.372 e. The summed E-state index contributed by atoms with van der Waals surface area (Å²) in [7, 11) is 0. The molecule has 1 atom stereocenters. The molecule has 4 nitrogen and oxygen atoms in total. The Hall–Kier alpha value is -2.40. The van der Waals surface area contributed by atoms with Crippen LogP contribution in [0.1, 0.15) is 30.0 Å². The van der Waals surface area contributed by atoms with Gasteiger partial charge in [0.25, 0.3) is 0 Å². The number of nitrogens with zero attached hydrogens (tertiary/aromatic N) is 1. The first-order valence-corrected chi connectivity index (χ1v) is 8.17. The van der Waals surface area contributed by atoms with E-state index in [1.165, 1.54) is 12.1 Å². The predicted molar refractivity (Wildman–Crippen MR) is 93.0 cm³/mol. The number of benzene rings is 2. The Bertz CT molecular complexity index is 730. The van der Waals surface area contributed by atoms with Gasteiger partial charge in [0, 0.05) is 18.5 Å². The first-order valence-electron chi connectivity index (χ1n) is 8.17. The van der Waals surface area contributed by atoms with Gasteiger partial charge in [-0.2, -0.15) is 5.10 Å². The normalized spacial score (nSPS) is 19.9. The third kappa shape index (κ3) is 3.74. The van der Waals surface area contributed by atoms with E-state index in [4.69, 9.17) is 0 Å². The lowest BCUT2D eigenvalue weighted by molar-refractivity contribution is 0.00312. The zero-order valence-electron chi connectivity index (χ0n) is 13.7. The van der Waals surface area contributed by atoms with Crippen molar-refractivity contribution in [3.63, 3.8) is 0 Å². The van der Waals surface area contributed by atoms with Gasteiger partial charge in [-0.15, -0.1) is 0 Å². The Labute approximate surface area is 141 Å². The molecule has 2 aromatic rings. The molecule has 5 heteroatoms. The van der Waals surface area contributed by atoms with Crippen molar-refractivity contribution < 1.29 is 9.50 Å². The van der Waals surface area contributed by atoms with Crippen LogP contribution in [0, 0.1) is 5.82 Å². The molecule has 126 valence electrons. The topological polar surface area (TPSA) is 56.7 Å². The maximum atomic E-state index is 12.9. The smallest absolute Gasteiger partial charge is 0.177 e. The molecule has 0 spiro atoms. The van der Waals surface area contributed by atoms with E-state index >= 15 is 0 Å². The number of hydrazone groups is 1. The Morgan fingerprint density at radius 3 is 2.75 bits per heavy atom. The van der Waals surface area contributed by atoms with Gasteiger partial charge < -0.3 is 10.4 Å². The fourth-order valence-corrected chi connectivity index (χ4v) is 2.96. The lowest BCUT2D eigenvalue weighted by atomic mass is 10.1. The Morgan fingerprint density at radius 2 is 1.96 bits per heavy atom. The Morgan fingerprint density at radius 1 is 1.21 bits per heavy atom. The van der Waals surface area contributed by atoms with Crippen molar-refractivity contribution in [2.75, 3.05) is 6.54 Å². The lowest BCUT2D eigenvalue weighted by Gasteiger charge is -2.24. The summed E-state index contributed by atoms with van der Waals surface area (Å²) in [5.41, 5.74) is 4.92. The van der Waals surface area contributed by atoms with Crippen molar-refractivity contribution in [1.29, 1.82) is 0 Å². The SMILES string of the molecule is CC(=NN[C@@]1(O)CCc2ccccc21)NCCc1ccc(F)cc1. The summed E-state index contributed by atoms with van der Waals surface area (Å²) < 4.78 is 12.9. The van der Waals surface area contributed by atoms with Gasteiger partial charge in [-0.25, -0.2) is 4.39 Å². The summed E-state index contributed by atoms with van der Waals surface area (Å²) in [6.45, 7) is 2.54. The van der Waals surface area contributed by atoms with Crippen LogP contribution in [0.4, 0.5) is 4.39 Å². The van der Waals surface area contributed by atoms with Crippen LogP contribution in [-0.4, -0.2) is 17.5 Å². The van der Waals surface area contributed by atoms with E-state index in [-0.39, 0.29) is 5.82 Å². The summed E-state index contributed by atoms with van der Waals surface area (Å²) in [5.74, 6) is 0.480. The van der Waals surface area contributed by atoms with Crippen LogP contribution in [0.25, 0.3) is 0 Å². The molecule has 0 amide bonds. The fraction of sp³-hybridized carbons (Fsp3) is 0.316. The van der Waals surface area contributed by atoms with E-state index < -0.39 is 5.72 Å². The molecule has 3 rings (SSSR count). The van der Waals surface area contributed by atoms with Crippen LogP contribution in [0.5, 0.6) is 0 Å². The molecular weight excluding hydrogens is 305 g/mol. The van der Waals surface area contributed by atoms with Gasteiger partial charge in [0.2, 0.25) is 0 Å². The van der Waals surface area contributed by atoms with E-state index in [9.17, 15) is 9.50 Å². The zero-order chi connectivity index (χ0) is 17.0. The average molecular weight is 327 g/mol. The minimum absolute atomic E-state index is 0.223. The highest BCUT2D eigenvalue weighted by atomic mass is 19.1. The molecular formula is C19H22FN3O. The molecule has 1 aliphatic carbocycles. The minimum atomic E-state index is -1.10. The van der Waals surface area contributed by atoms with Crippen LogP contribution < -0.4 is 10.7 Å². The van der Waals surface area contributed by atoms with Gasteiger partial charge >= 0.3 is 0 Å². The Balaban J connectivity index is 1.52. The van der Waals surface area contributed by atoms with Gasteiger partial charge in [0.05, 0.1) is 0 Å². The van der Waals surface area contributed by atoms with Gasteiger partial charge in [-0.3, -0.25) is 5.43 Å². The number of fused-ring (bicyclic) bond motifs is 1. The Kier molecular flexibility index (Phi) is 4.81. The molecule has 0 aliphatic heterocycles. The second kappa shape index (κ2) is 7.01. The summed E-state index contributed by atoms with van der Waals surface area (Å²) in [6, 6.07) is 14.4. The van der Waals surface area contributed by atoms with Crippen molar-refractivity contribution in [2.45, 2.75) is 31.9 Å². The number of halogens is 1. The summed E-state index contributed by atoms with van der Waals surface area (Å²) in [5, 5.41) is 18.2. The third-order valence-electron chi connectivity index (χ3n) is 4.34. The molecule has 0 saturated carbocycles.